The Morgan fingerprint density at radius 3 is 2.50 bits per heavy atom. The van der Waals surface area contributed by atoms with E-state index in [9.17, 15) is 19.5 Å². The van der Waals surface area contributed by atoms with Crippen LogP contribution < -0.4 is 10.6 Å². The number of nitrogens with one attached hydrogen (secondary N) is 2. The van der Waals surface area contributed by atoms with Crippen LogP contribution in [0.4, 0.5) is 0 Å². The summed E-state index contributed by atoms with van der Waals surface area (Å²) in [7, 11) is 0. The maximum Gasteiger partial charge on any atom is 0.244 e. The summed E-state index contributed by atoms with van der Waals surface area (Å²) in [4.78, 5) is 42.4. The molecular weight excluding hydrogens is 494 g/mol. The van der Waals surface area contributed by atoms with Crippen molar-refractivity contribution in [2.75, 3.05) is 19.7 Å². The first-order valence-corrected chi connectivity index (χ1v) is 13.8. The third-order valence-electron chi connectivity index (χ3n) is 7.00. The van der Waals surface area contributed by atoms with Crippen LogP contribution in [0.15, 0.2) is 0 Å². The molecule has 182 valence electrons. The zero-order valence-electron chi connectivity index (χ0n) is 19.6. The molecule has 9 heteroatoms. The van der Waals surface area contributed by atoms with Crippen molar-refractivity contribution in [1.29, 1.82) is 0 Å². The van der Waals surface area contributed by atoms with E-state index in [-0.39, 0.29) is 40.3 Å². The standard InChI is InChI=1S/C23H38BrN3O4S/c1-5-7-9-26-21(30)19-23-11-15(24)18(32-23)16(20(29)25-8-6-2)17(23)22(31)27(19)14(12-28)10-13(3)4/h13-19,28H,5-12H2,1-4H3,(H,25,29)(H,26,30)/t14-,15?,16+,17+,18+,19?,23?/m1/s1. The van der Waals surface area contributed by atoms with Gasteiger partial charge < -0.3 is 20.6 Å². The quantitative estimate of drug-likeness (QED) is 0.280. The number of thioether (sulfide) groups is 1. The Bertz CT molecular complexity index is 723. The fraction of sp³-hybridized carbons (Fsp3) is 0.870. The average Bonchev–Trinajstić information content (AvgIpc) is 3.33. The molecule has 3 aliphatic heterocycles. The lowest BCUT2D eigenvalue weighted by molar-refractivity contribution is -0.143. The number of aliphatic hydroxyl groups excluding tert-OH is 1. The Kier molecular flexibility index (Phi) is 8.58. The molecule has 7 atom stereocenters. The molecule has 32 heavy (non-hydrogen) atoms. The fourth-order valence-electron chi connectivity index (χ4n) is 5.73. The molecule has 0 saturated carbocycles. The summed E-state index contributed by atoms with van der Waals surface area (Å²) in [5.74, 6) is -1.13. The Morgan fingerprint density at radius 1 is 1.22 bits per heavy atom. The second-order valence-corrected chi connectivity index (χ2v) is 12.5. The highest BCUT2D eigenvalue weighted by molar-refractivity contribution is 9.09. The van der Waals surface area contributed by atoms with Gasteiger partial charge in [0, 0.05) is 23.2 Å². The van der Waals surface area contributed by atoms with Gasteiger partial charge in [-0.1, -0.05) is 50.0 Å². The van der Waals surface area contributed by atoms with E-state index in [1.807, 2.05) is 6.92 Å². The minimum atomic E-state index is -0.674. The number of fused-ring (bicyclic) bond motifs is 1. The van der Waals surface area contributed by atoms with E-state index in [0.717, 1.165) is 19.3 Å². The predicted molar refractivity (Wildman–Crippen MR) is 131 cm³/mol. The molecule has 7 nitrogen and oxygen atoms in total. The van der Waals surface area contributed by atoms with Crippen LogP contribution in [0, 0.1) is 17.8 Å². The van der Waals surface area contributed by atoms with Crippen LogP contribution in [0.2, 0.25) is 0 Å². The minimum Gasteiger partial charge on any atom is -0.394 e. The van der Waals surface area contributed by atoms with Crippen molar-refractivity contribution in [2.45, 2.75) is 86.7 Å². The number of hydrogen-bond acceptors (Lipinski definition) is 5. The van der Waals surface area contributed by atoms with E-state index in [4.69, 9.17) is 0 Å². The first-order valence-electron chi connectivity index (χ1n) is 12.0. The van der Waals surface area contributed by atoms with E-state index in [1.54, 1.807) is 16.7 Å². The number of carbonyl (C=O) groups excluding carboxylic acids is 3. The van der Waals surface area contributed by atoms with Gasteiger partial charge >= 0.3 is 0 Å². The van der Waals surface area contributed by atoms with Crippen molar-refractivity contribution in [3.63, 3.8) is 0 Å². The van der Waals surface area contributed by atoms with Crippen molar-refractivity contribution in [3.8, 4) is 0 Å². The third-order valence-corrected chi connectivity index (χ3v) is 10.2. The van der Waals surface area contributed by atoms with Gasteiger partial charge in [-0.05, 0) is 31.6 Å². The SMILES string of the molecule is CCCCNC(=O)C1N([C@@H](CO)CC(C)C)C(=O)[C@@H]2[C@H](C(=O)NCCC)[C@H]3SC12CC3Br. The van der Waals surface area contributed by atoms with Gasteiger partial charge in [-0.15, -0.1) is 11.8 Å². The monoisotopic (exact) mass is 531 g/mol. The molecule has 3 heterocycles. The van der Waals surface area contributed by atoms with E-state index in [2.05, 4.69) is 47.3 Å². The summed E-state index contributed by atoms with van der Waals surface area (Å²) in [5.41, 5.74) is 0. The van der Waals surface area contributed by atoms with Gasteiger partial charge in [0.15, 0.2) is 0 Å². The third kappa shape index (κ3) is 4.45. The van der Waals surface area contributed by atoms with Crippen LogP contribution in [0.25, 0.3) is 0 Å². The van der Waals surface area contributed by atoms with Crippen LogP contribution in [0.5, 0.6) is 0 Å². The van der Waals surface area contributed by atoms with E-state index >= 15 is 0 Å². The molecular formula is C23H38BrN3O4S. The number of aliphatic hydroxyl groups is 1. The van der Waals surface area contributed by atoms with Crippen LogP contribution in [0.3, 0.4) is 0 Å². The number of amides is 3. The molecule has 0 aliphatic carbocycles. The van der Waals surface area contributed by atoms with E-state index in [0.29, 0.717) is 25.9 Å². The number of alkyl halides is 1. The fourth-order valence-corrected chi connectivity index (χ4v) is 9.33. The molecule has 3 aliphatic rings. The first kappa shape index (κ1) is 25.8. The zero-order chi connectivity index (χ0) is 23.6. The van der Waals surface area contributed by atoms with Crippen LogP contribution in [-0.2, 0) is 14.4 Å². The topological polar surface area (TPSA) is 98.7 Å². The maximum atomic E-state index is 13.9. The molecule has 3 amide bonds. The first-order chi connectivity index (χ1) is 15.2. The smallest absolute Gasteiger partial charge is 0.244 e. The summed E-state index contributed by atoms with van der Waals surface area (Å²) in [6.07, 6.45) is 3.94. The molecule has 0 aromatic rings. The molecule has 0 aromatic carbocycles. The second kappa shape index (κ2) is 10.6. The lowest BCUT2D eigenvalue weighted by Gasteiger charge is -2.37. The highest BCUT2D eigenvalue weighted by Crippen LogP contribution is 2.68. The normalized spacial score (nSPS) is 34.2. The zero-order valence-corrected chi connectivity index (χ0v) is 22.0. The van der Waals surface area contributed by atoms with Crippen LogP contribution in [-0.4, -0.2) is 74.3 Å². The number of hydrogen-bond donors (Lipinski definition) is 3. The molecule has 3 unspecified atom stereocenters. The number of nitrogens with zero attached hydrogens (tertiary/aromatic N) is 1. The summed E-state index contributed by atoms with van der Waals surface area (Å²) in [5, 5.41) is 16.2. The van der Waals surface area contributed by atoms with E-state index in [1.165, 1.54) is 0 Å². The molecule has 0 aromatic heterocycles. The molecule has 1 spiro atoms. The lowest BCUT2D eigenvalue weighted by Crippen LogP contribution is -2.57. The molecule has 3 saturated heterocycles. The number of rotatable bonds is 11. The van der Waals surface area contributed by atoms with Gasteiger partial charge in [0.2, 0.25) is 17.7 Å². The van der Waals surface area contributed by atoms with Crippen LogP contribution >= 0.6 is 27.7 Å². The number of likely N-dealkylation sites (tertiary alicyclic amines) is 1. The van der Waals surface area contributed by atoms with Crippen molar-refractivity contribution in [2.24, 2.45) is 17.8 Å². The van der Waals surface area contributed by atoms with Crippen molar-refractivity contribution in [1.82, 2.24) is 15.5 Å². The second-order valence-electron chi connectivity index (χ2n) is 9.81. The van der Waals surface area contributed by atoms with Gasteiger partial charge in [0.25, 0.3) is 0 Å². The number of unbranched alkanes of at least 4 members (excludes halogenated alkanes) is 1. The summed E-state index contributed by atoms with van der Waals surface area (Å²) in [6, 6.07) is -1.11. The Balaban J connectivity index is 2.01. The highest BCUT2D eigenvalue weighted by Gasteiger charge is 2.76. The molecule has 2 bridgehead atoms. The van der Waals surface area contributed by atoms with Gasteiger partial charge in [-0.25, -0.2) is 0 Å². The van der Waals surface area contributed by atoms with Crippen LogP contribution in [0.1, 0.15) is 59.8 Å². The van der Waals surface area contributed by atoms with Crippen molar-refractivity contribution >= 4 is 45.4 Å². The minimum absolute atomic E-state index is 0.0356. The largest absolute Gasteiger partial charge is 0.394 e. The molecule has 3 N–H and O–H groups in total. The summed E-state index contributed by atoms with van der Waals surface area (Å²) >= 11 is 5.41. The van der Waals surface area contributed by atoms with Crippen molar-refractivity contribution < 1.29 is 19.5 Å². The van der Waals surface area contributed by atoms with Gasteiger partial charge in [0.05, 0.1) is 29.2 Å². The Morgan fingerprint density at radius 2 is 1.91 bits per heavy atom. The van der Waals surface area contributed by atoms with Gasteiger partial charge in [-0.2, -0.15) is 0 Å². The molecule has 0 radical (unpaired) electrons. The Labute approximate surface area is 204 Å². The highest BCUT2D eigenvalue weighted by atomic mass is 79.9. The van der Waals surface area contributed by atoms with Gasteiger partial charge in [0.1, 0.15) is 6.04 Å². The van der Waals surface area contributed by atoms with E-state index < -0.39 is 28.7 Å². The average molecular weight is 533 g/mol. The predicted octanol–water partition coefficient (Wildman–Crippen LogP) is 2.30. The van der Waals surface area contributed by atoms with Crippen molar-refractivity contribution in [3.05, 3.63) is 0 Å². The Hall–Kier alpha value is -0.800. The summed E-state index contributed by atoms with van der Waals surface area (Å²) < 4.78 is -0.648. The lowest BCUT2D eigenvalue weighted by atomic mass is 9.70. The van der Waals surface area contributed by atoms with Gasteiger partial charge in [-0.3, -0.25) is 14.4 Å². The number of carbonyl (C=O) groups is 3. The molecule has 3 fully saturated rings. The maximum absolute atomic E-state index is 13.9. The number of halogens is 1. The summed E-state index contributed by atoms with van der Waals surface area (Å²) in [6.45, 7) is 9.12. The molecule has 3 rings (SSSR count).